The second-order valence-electron chi connectivity index (χ2n) is 3.30. The minimum absolute atomic E-state index is 0.184. The Labute approximate surface area is 95.1 Å². The molecule has 1 N–H and O–H groups in total. The predicted octanol–water partition coefficient (Wildman–Crippen LogP) is -0.0274. The lowest BCUT2D eigenvalue weighted by Gasteiger charge is -2.20. The molecule has 0 radical (unpaired) electrons. The van der Waals surface area contributed by atoms with Gasteiger partial charge in [0.05, 0.1) is 6.61 Å². The number of rotatable bonds is 9. The maximum atomic E-state index is 11.6. The molecule has 0 aromatic carbocycles. The molecule has 1 amide bonds. The summed E-state index contributed by atoms with van der Waals surface area (Å²) < 4.78 is 9.64. The summed E-state index contributed by atoms with van der Waals surface area (Å²) in [6.07, 6.45) is 0.892. The highest BCUT2D eigenvalue weighted by Gasteiger charge is 2.15. The number of hydrogen-bond donors (Lipinski definition) is 1. The van der Waals surface area contributed by atoms with Crippen molar-refractivity contribution < 1.29 is 24.2 Å². The summed E-state index contributed by atoms with van der Waals surface area (Å²) in [7, 11) is 3.07. The van der Waals surface area contributed by atoms with Crippen LogP contribution in [0.5, 0.6) is 0 Å². The van der Waals surface area contributed by atoms with Gasteiger partial charge in [-0.2, -0.15) is 0 Å². The second-order valence-corrected chi connectivity index (χ2v) is 3.30. The maximum Gasteiger partial charge on any atom is 0.323 e. The molecule has 16 heavy (non-hydrogen) atoms. The first-order valence-electron chi connectivity index (χ1n) is 5.09. The van der Waals surface area contributed by atoms with Gasteiger partial charge < -0.3 is 19.5 Å². The van der Waals surface area contributed by atoms with Gasteiger partial charge >= 0.3 is 5.97 Å². The van der Waals surface area contributed by atoms with Crippen molar-refractivity contribution in [3.05, 3.63) is 0 Å². The second kappa shape index (κ2) is 9.11. The number of amides is 1. The van der Waals surface area contributed by atoms with Crippen molar-refractivity contribution in [2.45, 2.75) is 12.8 Å². The van der Waals surface area contributed by atoms with Crippen molar-refractivity contribution >= 4 is 11.9 Å². The molecule has 0 rings (SSSR count). The summed E-state index contributed by atoms with van der Waals surface area (Å²) >= 11 is 0. The Kier molecular flexibility index (Phi) is 8.46. The largest absolute Gasteiger partial charge is 0.480 e. The van der Waals surface area contributed by atoms with Gasteiger partial charge in [0.2, 0.25) is 5.91 Å². The van der Waals surface area contributed by atoms with E-state index in [-0.39, 0.29) is 12.5 Å². The first kappa shape index (κ1) is 14.9. The molecule has 94 valence electrons. The number of carboxylic acids is 1. The Morgan fingerprint density at radius 3 is 2.31 bits per heavy atom. The van der Waals surface area contributed by atoms with Gasteiger partial charge in [0.15, 0.2) is 0 Å². The van der Waals surface area contributed by atoms with Gasteiger partial charge in [-0.1, -0.05) is 0 Å². The minimum Gasteiger partial charge on any atom is -0.480 e. The molecular weight excluding hydrogens is 214 g/mol. The van der Waals surface area contributed by atoms with Crippen molar-refractivity contribution in [3.63, 3.8) is 0 Å². The fourth-order valence-corrected chi connectivity index (χ4v) is 1.18. The molecule has 0 fully saturated rings. The molecule has 6 nitrogen and oxygen atoms in total. The Morgan fingerprint density at radius 1 is 1.19 bits per heavy atom. The van der Waals surface area contributed by atoms with Crippen LogP contribution in [0.1, 0.15) is 12.8 Å². The fourth-order valence-electron chi connectivity index (χ4n) is 1.18. The molecule has 0 aliphatic heterocycles. The van der Waals surface area contributed by atoms with Crippen LogP contribution in [0.2, 0.25) is 0 Å². The van der Waals surface area contributed by atoms with Crippen LogP contribution in [0.25, 0.3) is 0 Å². The summed E-state index contributed by atoms with van der Waals surface area (Å²) in [6, 6.07) is 0. The topological polar surface area (TPSA) is 76.1 Å². The first-order chi connectivity index (χ1) is 7.61. The molecule has 0 aromatic heterocycles. The monoisotopic (exact) mass is 233 g/mol. The van der Waals surface area contributed by atoms with Crippen LogP contribution in [-0.2, 0) is 19.1 Å². The van der Waals surface area contributed by atoms with Crippen molar-refractivity contribution in [3.8, 4) is 0 Å². The third-order valence-corrected chi connectivity index (χ3v) is 1.98. The smallest absolute Gasteiger partial charge is 0.323 e. The van der Waals surface area contributed by atoms with E-state index in [1.165, 1.54) is 12.0 Å². The summed E-state index contributed by atoms with van der Waals surface area (Å²) in [4.78, 5) is 23.4. The van der Waals surface area contributed by atoms with E-state index in [1.54, 1.807) is 7.11 Å². The van der Waals surface area contributed by atoms with E-state index < -0.39 is 5.97 Å². The van der Waals surface area contributed by atoms with Gasteiger partial charge in [0.25, 0.3) is 0 Å². The Hall–Kier alpha value is -1.14. The summed E-state index contributed by atoms with van der Waals surface area (Å²) in [5.74, 6) is -1.20. The molecule has 0 aliphatic carbocycles. The summed E-state index contributed by atoms with van der Waals surface area (Å²) in [6.45, 7) is 0.851. The molecule has 0 saturated carbocycles. The first-order valence-corrected chi connectivity index (χ1v) is 5.09. The van der Waals surface area contributed by atoms with E-state index in [4.69, 9.17) is 14.6 Å². The molecule has 0 aromatic rings. The predicted molar refractivity (Wildman–Crippen MR) is 57.2 cm³/mol. The quantitative estimate of drug-likeness (QED) is 0.566. The van der Waals surface area contributed by atoms with Crippen LogP contribution in [-0.4, -0.2) is 62.4 Å². The molecule has 6 heteroatoms. The van der Waals surface area contributed by atoms with E-state index >= 15 is 0 Å². The number of hydrogen-bond acceptors (Lipinski definition) is 4. The van der Waals surface area contributed by atoms with Gasteiger partial charge in [0.1, 0.15) is 6.54 Å². The van der Waals surface area contributed by atoms with Crippen LogP contribution in [0.15, 0.2) is 0 Å². The van der Waals surface area contributed by atoms with Crippen LogP contribution in [0, 0.1) is 0 Å². The highest BCUT2D eigenvalue weighted by molar-refractivity contribution is 5.81. The Morgan fingerprint density at radius 2 is 1.81 bits per heavy atom. The number of carbonyl (C=O) groups excluding carboxylic acids is 1. The third-order valence-electron chi connectivity index (χ3n) is 1.98. The molecule has 0 spiro atoms. The van der Waals surface area contributed by atoms with E-state index in [2.05, 4.69) is 0 Å². The highest BCUT2D eigenvalue weighted by atomic mass is 16.5. The number of nitrogens with zero attached hydrogens (tertiary/aromatic N) is 1. The standard InChI is InChI=1S/C10H19NO5/c1-15-6-3-4-9(12)11(5-7-16-2)8-10(13)14/h3-8H2,1-2H3,(H,13,14). The van der Waals surface area contributed by atoms with Gasteiger partial charge in [-0.3, -0.25) is 9.59 Å². The SMILES string of the molecule is COCCCC(=O)N(CCOC)CC(=O)O. The zero-order chi connectivity index (χ0) is 12.4. The highest BCUT2D eigenvalue weighted by Crippen LogP contribution is 1.98. The van der Waals surface area contributed by atoms with Gasteiger partial charge in [-0.05, 0) is 6.42 Å². The molecule has 0 heterocycles. The van der Waals surface area contributed by atoms with Crippen molar-refractivity contribution in [1.82, 2.24) is 4.90 Å². The normalized spacial score (nSPS) is 10.1. The van der Waals surface area contributed by atoms with Crippen LogP contribution in [0.3, 0.4) is 0 Å². The van der Waals surface area contributed by atoms with Gasteiger partial charge in [0, 0.05) is 33.8 Å². The van der Waals surface area contributed by atoms with E-state index in [1.807, 2.05) is 0 Å². The van der Waals surface area contributed by atoms with E-state index in [0.717, 1.165) is 0 Å². The van der Waals surface area contributed by atoms with Crippen LogP contribution >= 0.6 is 0 Å². The minimum atomic E-state index is -1.02. The van der Waals surface area contributed by atoms with Crippen molar-refractivity contribution in [1.29, 1.82) is 0 Å². The van der Waals surface area contributed by atoms with Crippen molar-refractivity contribution in [2.24, 2.45) is 0 Å². The Bertz CT molecular complexity index is 219. The zero-order valence-electron chi connectivity index (χ0n) is 9.77. The van der Waals surface area contributed by atoms with E-state index in [9.17, 15) is 9.59 Å². The average molecular weight is 233 g/mol. The lowest BCUT2D eigenvalue weighted by atomic mass is 10.3. The van der Waals surface area contributed by atoms with Crippen LogP contribution < -0.4 is 0 Å². The van der Waals surface area contributed by atoms with Crippen LogP contribution in [0.4, 0.5) is 0 Å². The summed E-state index contributed by atoms with van der Waals surface area (Å²) in [5, 5.41) is 8.64. The molecular formula is C10H19NO5. The average Bonchev–Trinajstić information content (AvgIpc) is 2.23. The fraction of sp³-hybridized carbons (Fsp3) is 0.800. The maximum absolute atomic E-state index is 11.6. The van der Waals surface area contributed by atoms with E-state index in [0.29, 0.717) is 32.6 Å². The number of ether oxygens (including phenoxy) is 2. The number of carbonyl (C=O) groups is 2. The molecule has 0 bridgehead atoms. The molecule has 0 saturated heterocycles. The molecule has 0 aliphatic rings. The lowest BCUT2D eigenvalue weighted by Crippen LogP contribution is -2.37. The molecule has 0 unspecified atom stereocenters. The number of aliphatic carboxylic acids is 1. The van der Waals surface area contributed by atoms with Gasteiger partial charge in [-0.15, -0.1) is 0 Å². The molecule has 0 atom stereocenters. The zero-order valence-corrected chi connectivity index (χ0v) is 9.77. The number of carboxylic acid groups (broad SMARTS) is 1. The van der Waals surface area contributed by atoms with Crippen molar-refractivity contribution in [2.75, 3.05) is 40.5 Å². The lowest BCUT2D eigenvalue weighted by molar-refractivity contribution is -0.145. The Balaban J connectivity index is 4.04. The third kappa shape index (κ3) is 7.19. The summed E-state index contributed by atoms with van der Waals surface area (Å²) in [5.41, 5.74) is 0. The number of methoxy groups -OCH3 is 2. The van der Waals surface area contributed by atoms with Gasteiger partial charge in [-0.25, -0.2) is 0 Å².